The SMILES string of the molecule is CCCC[C@@H](NC(=O)[C@@H](Cc1ccccc1)NC(=O)[C@H](N)Cc1ccccc1)C(=O)N[C@H](CCCCN)C(=O)N1CCC(B(O)O)C1. The van der Waals surface area contributed by atoms with Crippen LogP contribution >= 0.6 is 0 Å². The molecule has 12 nitrogen and oxygen atoms in total. The summed E-state index contributed by atoms with van der Waals surface area (Å²) in [7, 11) is -1.52. The lowest BCUT2D eigenvalue weighted by atomic mass is 9.72. The lowest BCUT2D eigenvalue weighted by Gasteiger charge is -2.28. The largest absolute Gasteiger partial charge is 0.456 e. The molecule has 1 aliphatic rings. The average Bonchev–Trinajstić information content (AvgIpc) is 3.57. The number of rotatable bonds is 19. The molecule has 4 amide bonds. The Kier molecular flexibility index (Phi) is 15.9. The van der Waals surface area contributed by atoms with Gasteiger partial charge in [0.1, 0.15) is 18.1 Å². The summed E-state index contributed by atoms with van der Waals surface area (Å²) in [6.07, 6.45) is 4.30. The molecule has 1 aliphatic heterocycles. The maximum Gasteiger partial charge on any atom is 0.456 e. The number of hydrogen-bond acceptors (Lipinski definition) is 8. The van der Waals surface area contributed by atoms with E-state index >= 15 is 0 Å². The molecule has 0 aromatic heterocycles. The van der Waals surface area contributed by atoms with Crippen molar-refractivity contribution in [3.05, 3.63) is 71.8 Å². The van der Waals surface area contributed by atoms with E-state index in [9.17, 15) is 29.2 Å². The van der Waals surface area contributed by atoms with Crippen molar-refractivity contribution in [3.63, 3.8) is 0 Å². The quantitative estimate of drug-likeness (QED) is 0.0849. The van der Waals surface area contributed by atoms with Crippen LogP contribution in [0.1, 0.15) is 63.0 Å². The monoisotopic (exact) mass is 650 g/mol. The second kappa shape index (κ2) is 19.8. The standard InChI is InChI=1S/C34H51BN6O6/c1-2-3-16-28(32(43)39-29(17-10-11-19-36)34(45)41-20-18-26(23-41)35(46)47)38-33(44)30(22-25-14-8-5-9-15-25)40-31(42)27(37)21-24-12-6-4-7-13-24/h4-9,12-15,26-30,46-47H,2-3,10-11,16-23,36-37H2,1H3,(H,38,44)(H,39,43)(H,40,42)/t26?,27-,28-,29-,30-/m1/s1. The minimum Gasteiger partial charge on any atom is -0.427 e. The third-order valence-corrected chi connectivity index (χ3v) is 8.55. The van der Waals surface area contributed by atoms with Crippen LogP contribution in [0, 0.1) is 0 Å². The maximum atomic E-state index is 13.8. The fourth-order valence-electron chi connectivity index (χ4n) is 5.72. The minimum atomic E-state index is -1.52. The lowest BCUT2D eigenvalue weighted by molar-refractivity contribution is -0.137. The van der Waals surface area contributed by atoms with Crippen LogP contribution in [0.5, 0.6) is 0 Å². The van der Waals surface area contributed by atoms with Gasteiger partial charge in [-0.25, -0.2) is 0 Å². The van der Waals surface area contributed by atoms with Gasteiger partial charge in [-0.05, 0) is 56.2 Å². The van der Waals surface area contributed by atoms with Gasteiger partial charge in [0.05, 0.1) is 6.04 Å². The third-order valence-electron chi connectivity index (χ3n) is 8.55. The first-order chi connectivity index (χ1) is 22.6. The van der Waals surface area contributed by atoms with Gasteiger partial charge in [0.2, 0.25) is 23.6 Å². The maximum absolute atomic E-state index is 13.8. The average molecular weight is 651 g/mol. The van der Waals surface area contributed by atoms with E-state index in [4.69, 9.17) is 11.5 Å². The molecular weight excluding hydrogens is 599 g/mol. The summed E-state index contributed by atoms with van der Waals surface area (Å²) in [6.45, 7) is 2.95. The van der Waals surface area contributed by atoms with E-state index in [0.29, 0.717) is 58.0 Å². The van der Waals surface area contributed by atoms with Gasteiger partial charge in [-0.1, -0.05) is 80.4 Å². The van der Waals surface area contributed by atoms with Crippen LogP contribution in [0.25, 0.3) is 0 Å². The number of likely N-dealkylation sites (tertiary alicyclic amines) is 1. The molecule has 0 saturated carbocycles. The molecule has 9 N–H and O–H groups in total. The van der Waals surface area contributed by atoms with Crippen molar-refractivity contribution in [1.29, 1.82) is 0 Å². The number of carbonyl (C=O) groups excluding carboxylic acids is 4. The van der Waals surface area contributed by atoms with Gasteiger partial charge in [-0.2, -0.15) is 0 Å². The fraction of sp³-hybridized carbons (Fsp3) is 0.529. The summed E-state index contributed by atoms with van der Waals surface area (Å²) in [5.74, 6) is -2.27. The zero-order valence-electron chi connectivity index (χ0n) is 27.4. The van der Waals surface area contributed by atoms with Crippen molar-refractivity contribution in [2.45, 2.75) is 94.7 Å². The van der Waals surface area contributed by atoms with E-state index in [1.54, 1.807) is 4.90 Å². The first-order valence-electron chi connectivity index (χ1n) is 16.7. The number of nitrogens with zero attached hydrogens (tertiary/aromatic N) is 1. The zero-order valence-corrected chi connectivity index (χ0v) is 27.4. The Morgan fingerprint density at radius 1 is 0.809 bits per heavy atom. The van der Waals surface area contributed by atoms with Crippen LogP contribution in [-0.2, 0) is 32.0 Å². The molecular formula is C34H51BN6O6. The van der Waals surface area contributed by atoms with Crippen molar-refractivity contribution < 1.29 is 29.2 Å². The van der Waals surface area contributed by atoms with E-state index in [2.05, 4.69) is 16.0 Å². The third kappa shape index (κ3) is 12.4. The van der Waals surface area contributed by atoms with Crippen molar-refractivity contribution in [2.24, 2.45) is 11.5 Å². The summed E-state index contributed by atoms with van der Waals surface area (Å²) in [5.41, 5.74) is 13.6. The fourth-order valence-corrected chi connectivity index (χ4v) is 5.72. The van der Waals surface area contributed by atoms with Crippen LogP contribution in [-0.4, -0.2) is 89.5 Å². The number of unbranched alkanes of at least 4 members (excludes halogenated alkanes) is 2. The van der Waals surface area contributed by atoms with Crippen molar-refractivity contribution >= 4 is 30.7 Å². The van der Waals surface area contributed by atoms with Crippen LogP contribution in [0.3, 0.4) is 0 Å². The van der Waals surface area contributed by atoms with Crippen LogP contribution in [0.2, 0.25) is 5.82 Å². The molecule has 1 saturated heterocycles. The smallest absolute Gasteiger partial charge is 0.427 e. The molecule has 2 aromatic rings. The highest BCUT2D eigenvalue weighted by Crippen LogP contribution is 2.24. The molecule has 1 fully saturated rings. The molecule has 13 heteroatoms. The van der Waals surface area contributed by atoms with Crippen LogP contribution in [0.15, 0.2) is 60.7 Å². The van der Waals surface area contributed by atoms with Crippen molar-refractivity contribution in [1.82, 2.24) is 20.9 Å². The summed E-state index contributed by atoms with van der Waals surface area (Å²) < 4.78 is 0. The first-order valence-corrected chi connectivity index (χ1v) is 16.7. The summed E-state index contributed by atoms with van der Waals surface area (Å²) in [4.78, 5) is 55.8. The summed E-state index contributed by atoms with van der Waals surface area (Å²) in [5, 5.41) is 27.7. The zero-order chi connectivity index (χ0) is 34.2. The van der Waals surface area contributed by atoms with Crippen molar-refractivity contribution in [3.8, 4) is 0 Å². The Labute approximate surface area is 278 Å². The molecule has 1 heterocycles. The Morgan fingerprint density at radius 2 is 1.36 bits per heavy atom. The second-order valence-corrected chi connectivity index (χ2v) is 12.3. The van der Waals surface area contributed by atoms with E-state index in [0.717, 1.165) is 17.5 Å². The van der Waals surface area contributed by atoms with Gasteiger partial charge in [0, 0.05) is 25.3 Å². The highest BCUT2D eigenvalue weighted by atomic mass is 16.4. The Bertz CT molecular complexity index is 1270. The predicted octanol–water partition coefficient (Wildman–Crippen LogP) is 0.648. The molecule has 3 rings (SSSR count). The Balaban J connectivity index is 1.75. The molecule has 0 bridgehead atoms. The molecule has 47 heavy (non-hydrogen) atoms. The molecule has 2 aromatic carbocycles. The summed E-state index contributed by atoms with van der Waals surface area (Å²) >= 11 is 0. The number of nitrogens with two attached hydrogens (primary N) is 2. The topological polar surface area (TPSA) is 200 Å². The molecule has 5 atom stereocenters. The Hall–Kier alpha value is -3.78. The van der Waals surface area contributed by atoms with Crippen molar-refractivity contribution in [2.75, 3.05) is 19.6 Å². The van der Waals surface area contributed by atoms with E-state index < -0.39 is 54.8 Å². The van der Waals surface area contributed by atoms with E-state index in [1.807, 2.05) is 67.6 Å². The first kappa shape index (κ1) is 37.7. The van der Waals surface area contributed by atoms with Gasteiger partial charge in [-0.3, -0.25) is 19.2 Å². The number of hydrogen-bond donors (Lipinski definition) is 7. The lowest BCUT2D eigenvalue weighted by Crippen LogP contribution is -2.58. The highest BCUT2D eigenvalue weighted by molar-refractivity contribution is 6.43. The number of nitrogens with one attached hydrogen (secondary N) is 3. The van der Waals surface area contributed by atoms with Gasteiger partial charge in [-0.15, -0.1) is 0 Å². The highest BCUT2D eigenvalue weighted by Gasteiger charge is 2.37. The molecule has 256 valence electrons. The van der Waals surface area contributed by atoms with Crippen LogP contribution < -0.4 is 27.4 Å². The second-order valence-electron chi connectivity index (χ2n) is 12.3. The molecule has 0 aliphatic carbocycles. The van der Waals surface area contributed by atoms with Gasteiger partial charge >= 0.3 is 7.12 Å². The number of benzene rings is 2. The van der Waals surface area contributed by atoms with Gasteiger partial charge in [0.15, 0.2) is 0 Å². The summed E-state index contributed by atoms with van der Waals surface area (Å²) in [6, 6.07) is 14.9. The van der Waals surface area contributed by atoms with E-state index in [1.165, 1.54) is 0 Å². The molecule has 0 radical (unpaired) electrons. The Morgan fingerprint density at radius 3 is 1.94 bits per heavy atom. The van der Waals surface area contributed by atoms with Gasteiger partial charge < -0.3 is 42.4 Å². The van der Waals surface area contributed by atoms with E-state index in [-0.39, 0.29) is 18.9 Å². The number of carbonyl (C=O) groups is 4. The normalized spacial score (nSPS) is 16.9. The minimum absolute atomic E-state index is 0.184. The van der Waals surface area contributed by atoms with Gasteiger partial charge in [0.25, 0.3) is 0 Å². The van der Waals surface area contributed by atoms with Crippen LogP contribution in [0.4, 0.5) is 0 Å². The number of amides is 4. The molecule has 1 unspecified atom stereocenters. The predicted molar refractivity (Wildman–Crippen MR) is 182 cm³/mol. The molecule has 0 spiro atoms.